The molecule has 0 unspecified atom stereocenters. The topological polar surface area (TPSA) is 128 Å². The zero-order valence-electron chi connectivity index (χ0n) is 16.0. The summed E-state index contributed by atoms with van der Waals surface area (Å²) in [5.41, 5.74) is 5.63. The second kappa shape index (κ2) is 11.6. The normalized spacial score (nSPS) is 11.4. The van der Waals surface area contributed by atoms with Gasteiger partial charge in [-0.25, -0.2) is 4.79 Å². The number of primary amides is 1. The summed E-state index contributed by atoms with van der Waals surface area (Å²) in [7, 11) is 0. The smallest absolute Gasteiger partial charge is 0.329 e. The lowest BCUT2D eigenvalue weighted by Crippen LogP contribution is -2.43. The molecule has 0 radical (unpaired) electrons. The molecular weight excluding hydrogens is 450 g/mol. The molecule has 2 rings (SSSR count). The van der Waals surface area contributed by atoms with Gasteiger partial charge in [0.1, 0.15) is 11.0 Å². The van der Waals surface area contributed by atoms with Gasteiger partial charge in [0.25, 0.3) is 17.7 Å². The average molecular weight is 470 g/mol. The molecule has 0 fully saturated rings. The van der Waals surface area contributed by atoms with Crippen LogP contribution in [-0.4, -0.2) is 48.3 Å². The second-order valence-electron chi connectivity index (χ2n) is 5.97. The van der Waals surface area contributed by atoms with Crippen LogP contribution in [0.1, 0.15) is 27.1 Å². The number of thioether (sulfide) groups is 1. The number of carbonyl (C=O) groups is 4. The monoisotopic (exact) mass is 469 g/mol. The van der Waals surface area contributed by atoms with Gasteiger partial charge < -0.3 is 21.1 Å². The zero-order valence-corrected chi connectivity index (χ0v) is 18.4. The van der Waals surface area contributed by atoms with E-state index >= 15 is 0 Å². The Morgan fingerprint density at radius 3 is 2.60 bits per heavy atom. The van der Waals surface area contributed by atoms with E-state index in [2.05, 4.69) is 10.6 Å². The van der Waals surface area contributed by atoms with Crippen LogP contribution in [0, 0.1) is 0 Å². The van der Waals surface area contributed by atoms with Crippen molar-refractivity contribution >= 4 is 63.4 Å². The quantitative estimate of drug-likeness (QED) is 0.459. The molecule has 4 N–H and O–H groups in total. The SMILES string of the molecule is CSCC[C@H](NC(=O)c1ccccc1Cl)C(=O)OCC(=O)Nc1sccc1C(N)=O. The fourth-order valence-electron chi connectivity index (χ4n) is 2.37. The third-order valence-electron chi connectivity index (χ3n) is 3.85. The van der Waals surface area contributed by atoms with Gasteiger partial charge >= 0.3 is 5.97 Å². The number of hydrogen-bond donors (Lipinski definition) is 3. The molecule has 8 nitrogen and oxygen atoms in total. The van der Waals surface area contributed by atoms with Crippen LogP contribution in [0.15, 0.2) is 35.7 Å². The van der Waals surface area contributed by atoms with Crippen LogP contribution in [0.4, 0.5) is 5.00 Å². The lowest BCUT2D eigenvalue weighted by atomic mass is 10.1. The lowest BCUT2D eigenvalue weighted by molar-refractivity contribution is -0.149. The number of thiophene rings is 1. The Morgan fingerprint density at radius 1 is 1.20 bits per heavy atom. The van der Waals surface area contributed by atoms with Gasteiger partial charge in [-0.1, -0.05) is 23.7 Å². The lowest BCUT2D eigenvalue weighted by Gasteiger charge is -2.17. The Bertz CT molecular complexity index is 934. The predicted octanol–water partition coefficient (Wildman–Crippen LogP) is 2.53. The van der Waals surface area contributed by atoms with E-state index < -0.39 is 36.3 Å². The highest BCUT2D eigenvalue weighted by Crippen LogP contribution is 2.22. The van der Waals surface area contributed by atoms with Crippen molar-refractivity contribution in [2.75, 3.05) is 23.9 Å². The summed E-state index contributed by atoms with van der Waals surface area (Å²) in [4.78, 5) is 48.3. The standard InChI is InChI=1S/C19H20ClN3O5S2/c1-29-8-7-14(22-17(26)11-4-2-3-5-13(11)20)19(27)28-10-15(24)23-18-12(16(21)25)6-9-30-18/h2-6,9,14H,7-8,10H2,1H3,(H2,21,25)(H,22,26)(H,23,24)/t14-/m0/s1. The van der Waals surface area contributed by atoms with Crippen LogP contribution in [0.2, 0.25) is 5.02 Å². The fraction of sp³-hybridized carbons (Fsp3) is 0.263. The number of hydrogen-bond acceptors (Lipinski definition) is 7. The van der Waals surface area contributed by atoms with Crippen molar-refractivity contribution in [1.82, 2.24) is 5.32 Å². The summed E-state index contributed by atoms with van der Waals surface area (Å²) in [5, 5.41) is 7.21. The van der Waals surface area contributed by atoms with Gasteiger partial charge in [0, 0.05) is 0 Å². The molecule has 3 amide bonds. The molecule has 0 bridgehead atoms. The molecule has 160 valence electrons. The number of esters is 1. The van der Waals surface area contributed by atoms with E-state index in [4.69, 9.17) is 22.1 Å². The zero-order chi connectivity index (χ0) is 22.1. The van der Waals surface area contributed by atoms with Gasteiger partial charge in [-0.3, -0.25) is 14.4 Å². The highest BCUT2D eigenvalue weighted by Gasteiger charge is 2.24. The van der Waals surface area contributed by atoms with E-state index in [1.807, 2.05) is 6.26 Å². The van der Waals surface area contributed by atoms with Gasteiger partial charge in [0.05, 0.1) is 16.1 Å². The third kappa shape index (κ3) is 6.75. The summed E-state index contributed by atoms with van der Waals surface area (Å²) >= 11 is 8.64. The Balaban J connectivity index is 1.96. The predicted molar refractivity (Wildman–Crippen MR) is 118 cm³/mol. The maximum Gasteiger partial charge on any atom is 0.329 e. The van der Waals surface area contributed by atoms with Gasteiger partial charge in [-0.05, 0) is 42.0 Å². The van der Waals surface area contributed by atoms with Crippen molar-refractivity contribution in [1.29, 1.82) is 0 Å². The van der Waals surface area contributed by atoms with E-state index in [0.717, 1.165) is 11.3 Å². The van der Waals surface area contributed by atoms with Crippen LogP contribution in [0.5, 0.6) is 0 Å². The maximum absolute atomic E-state index is 12.5. The molecule has 11 heteroatoms. The van der Waals surface area contributed by atoms with Crippen molar-refractivity contribution in [2.45, 2.75) is 12.5 Å². The molecule has 0 saturated carbocycles. The maximum atomic E-state index is 12.5. The molecule has 0 aliphatic heterocycles. The van der Waals surface area contributed by atoms with Gasteiger partial charge in [0.2, 0.25) is 0 Å². The van der Waals surface area contributed by atoms with Crippen molar-refractivity contribution in [3.63, 3.8) is 0 Å². The van der Waals surface area contributed by atoms with Gasteiger partial charge in [-0.15, -0.1) is 11.3 Å². The first-order valence-electron chi connectivity index (χ1n) is 8.71. The minimum Gasteiger partial charge on any atom is -0.454 e. The van der Waals surface area contributed by atoms with Crippen LogP contribution < -0.4 is 16.4 Å². The number of halogens is 1. The molecule has 0 saturated heterocycles. The Kier molecular flexibility index (Phi) is 9.15. The Morgan fingerprint density at radius 2 is 1.93 bits per heavy atom. The molecule has 1 aromatic carbocycles. The average Bonchev–Trinajstić information content (AvgIpc) is 3.17. The number of nitrogens with one attached hydrogen (secondary N) is 2. The molecule has 0 aliphatic rings. The van der Waals surface area contributed by atoms with Crippen molar-refractivity contribution in [2.24, 2.45) is 5.73 Å². The van der Waals surface area contributed by atoms with E-state index in [9.17, 15) is 19.2 Å². The molecule has 2 aromatic rings. The molecule has 1 heterocycles. The Labute approximate surface area is 186 Å². The molecular formula is C19H20ClN3O5S2. The van der Waals surface area contributed by atoms with Crippen LogP contribution in [-0.2, 0) is 14.3 Å². The third-order valence-corrected chi connectivity index (χ3v) is 5.65. The van der Waals surface area contributed by atoms with E-state index in [-0.39, 0.29) is 21.2 Å². The highest BCUT2D eigenvalue weighted by molar-refractivity contribution is 7.98. The molecule has 30 heavy (non-hydrogen) atoms. The molecule has 1 aromatic heterocycles. The van der Waals surface area contributed by atoms with Crippen molar-refractivity contribution in [3.8, 4) is 0 Å². The minimum absolute atomic E-state index is 0.171. The van der Waals surface area contributed by atoms with Crippen LogP contribution in [0.25, 0.3) is 0 Å². The van der Waals surface area contributed by atoms with Crippen molar-refractivity contribution in [3.05, 3.63) is 51.9 Å². The van der Waals surface area contributed by atoms with E-state index in [1.54, 1.807) is 29.6 Å². The first-order chi connectivity index (χ1) is 14.3. The summed E-state index contributed by atoms with van der Waals surface area (Å²) in [5.74, 6) is -1.98. The number of ether oxygens (including phenoxy) is 1. The second-order valence-corrected chi connectivity index (χ2v) is 8.28. The first-order valence-corrected chi connectivity index (χ1v) is 11.4. The van der Waals surface area contributed by atoms with Crippen molar-refractivity contribution < 1.29 is 23.9 Å². The summed E-state index contributed by atoms with van der Waals surface area (Å²) in [6.45, 7) is -0.577. The summed E-state index contributed by atoms with van der Waals surface area (Å²) in [6.07, 6.45) is 2.18. The fourth-order valence-corrected chi connectivity index (χ4v) is 3.87. The largest absolute Gasteiger partial charge is 0.454 e. The number of nitrogens with two attached hydrogens (primary N) is 1. The molecule has 0 aliphatic carbocycles. The number of carbonyl (C=O) groups excluding carboxylic acids is 4. The number of benzene rings is 1. The van der Waals surface area contributed by atoms with Crippen LogP contribution in [0.3, 0.4) is 0 Å². The van der Waals surface area contributed by atoms with Crippen LogP contribution >= 0.6 is 34.7 Å². The number of amides is 3. The molecule has 0 spiro atoms. The number of rotatable bonds is 10. The summed E-state index contributed by atoms with van der Waals surface area (Å²) < 4.78 is 5.06. The van der Waals surface area contributed by atoms with Gasteiger partial charge in [-0.2, -0.15) is 11.8 Å². The Hall–Kier alpha value is -2.56. The first kappa shape index (κ1) is 23.7. The molecule has 1 atom stereocenters. The van der Waals surface area contributed by atoms with E-state index in [0.29, 0.717) is 12.2 Å². The van der Waals surface area contributed by atoms with E-state index in [1.165, 1.54) is 17.8 Å². The summed E-state index contributed by atoms with van der Waals surface area (Å²) in [6, 6.07) is 6.99. The number of anilines is 1. The van der Waals surface area contributed by atoms with Gasteiger partial charge in [0.15, 0.2) is 6.61 Å². The highest BCUT2D eigenvalue weighted by atomic mass is 35.5. The minimum atomic E-state index is -0.947.